The molecule has 1 amide bonds. The van der Waals surface area contributed by atoms with Crippen LogP contribution < -0.4 is 11.1 Å². The lowest BCUT2D eigenvalue weighted by atomic mass is 9.97. The van der Waals surface area contributed by atoms with Crippen molar-refractivity contribution in [2.24, 2.45) is 16.1 Å². The van der Waals surface area contributed by atoms with Crippen molar-refractivity contribution < 1.29 is 9.53 Å². The molecule has 0 saturated heterocycles. The molecule has 6 heteroatoms. The normalized spacial score (nSPS) is 19.0. The van der Waals surface area contributed by atoms with Gasteiger partial charge in [0.25, 0.3) is 0 Å². The summed E-state index contributed by atoms with van der Waals surface area (Å²) in [6, 6.07) is 0. The standard InChI is InChI=1S/C10H19N3O2S/c1-10(2)6-13-9(16-7-10)12-3-4-15-5-8(11)14/h3-7H2,1-2H3,(H2,11,14)(H,12,13). The van der Waals surface area contributed by atoms with Gasteiger partial charge in [0.05, 0.1) is 6.61 Å². The van der Waals surface area contributed by atoms with Crippen molar-refractivity contribution in [1.29, 1.82) is 0 Å². The number of nitrogens with one attached hydrogen (secondary N) is 1. The quantitative estimate of drug-likeness (QED) is 0.679. The molecular weight excluding hydrogens is 226 g/mol. The second-order valence-corrected chi connectivity index (χ2v) is 5.48. The van der Waals surface area contributed by atoms with Crippen molar-refractivity contribution in [3.8, 4) is 0 Å². The number of carbonyl (C=O) groups is 1. The molecule has 0 aromatic rings. The van der Waals surface area contributed by atoms with Gasteiger partial charge in [0.1, 0.15) is 6.61 Å². The van der Waals surface area contributed by atoms with Crippen LogP contribution in [0.3, 0.4) is 0 Å². The number of hydrogen-bond acceptors (Lipinski definition) is 5. The van der Waals surface area contributed by atoms with Gasteiger partial charge >= 0.3 is 0 Å². The number of carbonyl (C=O) groups excluding carboxylic acids is 1. The van der Waals surface area contributed by atoms with E-state index in [0.717, 1.165) is 17.5 Å². The van der Waals surface area contributed by atoms with Crippen molar-refractivity contribution >= 4 is 22.8 Å². The van der Waals surface area contributed by atoms with E-state index in [2.05, 4.69) is 24.2 Å². The minimum atomic E-state index is -0.439. The highest BCUT2D eigenvalue weighted by molar-refractivity contribution is 8.13. The van der Waals surface area contributed by atoms with Crippen LogP contribution in [0.1, 0.15) is 13.8 Å². The van der Waals surface area contributed by atoms with E-state index in [9.17, 15) is 4.79 Å². The molecule has 0 fully saturated rings. The van der Waals surface area contributed by atoms with E-state index in [0.29, 0.717) is 13.2 Å². The Labute approximate surface area is 100 Å². The smallest absolute Gasteiger partial charge is 0.243 e. The third-order valence-electron chi connectivity index (χ3n) is 2.02. The van der Waals surface area contributed by atoms with Gasteiger partial charge in [-0.15, -0.1) is 0 Å². The highest BCUT2D eigenvalue weighted by atomic mass is 32.2. The SMILES string of the molecule is CC1(C)CN=C(NCCOCC(N)=O)SC1. The van der Waals surface area contributed by atoms with Gasteiger partial charge in [-0.3, -0.25) is 9.79 Å². The third kappa shape index (κ3) is 5.37. The van der Waals surface area contributed by atoms with E-state index in [1.54, 1.807) is 11.8 Å². The van der Waals surface area contributed by atoms with Crippen molar-refractivity contribution in [2.45, 2.75) is 13.8 Å². The number of rotatable bonds is 5. The number of thioether (sulfide) groups is 1. The molecule has 0 bridgehead atoms. The predicted octanol–water partition coefficient (Wildman–Crippen LogP) is 0.207. The monoisotopic (exact) mass is 245 g/mol. The molecule has 0 atom stereocenters. The van der Waals surface area contributed by atoms with Gasteiger partial charge in [-0.25, -0.2) is 0 Å². The van der Waals surface area contributed by atoms with Crippen LogP contribution in [-0.2, 0) is 9.53 Å². The number of nitrogens with zero attached hydrogens (tertiary/aromatic N) is 1. The highest BCUT2D eigenvalue weighted by Crippen LogP contribution is 2.26. The summed E-state index contributed by atoms with van der Waals surface area (Å²) in [5.74, 6) is 0.632. The van der Waals surface area contributed by atoms with E-state index in [4.69, 9.17) is 10.5 Å². The molecule has 92 valence electrons. The van der Waals surface area contributed by atoms with E-state index < -0.39 is 5.91 Å². The minimum Gasteiger partial charge on any atom is -0.370 e. The zero-order valence-electron chi connectivity index (χ0n) is 9.78. The van der Waals surface area contributed by atoms with Crippen molar-refractivity contribution in [2.75, 3.05) is 32.1 Å². The Hall–Kier alpha value is -0.750. The number of aliphatic imine (C=N–C) groups is 1. The van der Waals surface area contributed by atoms with E-state index in [-0.39, 0.29) is 12.0 Å². The van der Waals surface area contributed by atoms with Gasteiger partial charge in [0.15, 0.2) is 5.17 Å². The minimum absolute atomic E-state index is 0.0195. The second kappa shape index (κ2) is 6.10. The highest BCUT2D eigenvalue weighted by Gasteiger charge is 2.22. The van der Waals surface area contributed by atoms with Crippen LogP contribution in [0.25, 0.3) is 0 Å². The lowest BCUT2D eigenvalue weighted by Gasteiger charge is -2.27. The molecule has 1 aliphatic heterocycles. The van der Waals surface area contributed by atoms with Crippen LogP contribution >= 0.6 is 11.8 Å². The fourth-order valence-electron chi connectivity index (χ4n) is 1.15. The van der Waals surface area contributed by atoms with Gasteiger partial charge < -0.3 is 15.8 Å². The molecule has 0 radical (unpaired) electrons. The largest absolute Gasteiger partial charge is 0.370 e. The summed E-state index contributed by atoms with van der Waals surface area (Å²) in [7, 11) is 0. The first-order valence-corrected chi connectivity index (χ1v) is 6.25. The molecular formula is C10H19N3O2S. The Morgan fingerprint density at radius 3 is 3.00 bits per heavy atom. The average Bonchev–Trinajstić information content (AvgIpc) is 2.19. The maximum absolute atomic E-state index is 10.4. The van der Waals surface area contributed by atoms with Gasteiger partial charge in [-0.1, -0.05) is 25.6 Å². The molecule has 1 heterocycles. The number of amidine groups is 1. The van der Waals surface area contributed by atoms with Crippen LogP contribution in [0.4, 0.5) is 0 Å². The third-order valence-corrected chi connectivity index (χ3v) is 3.49. The summed E-state index contributed by atoms with van der Waals surface area (Å²) in [6.07, 6.45) is 0. The summed E-state index contributed by atoms with van der Waals surface area (Å²) in [4.78, 5) is 14.8. The molecule has 1 aliphatic rings. The molecule has 0 saturated carbocycles. The Bertz CT molecular complexity index is 279. The molecule has 3 N–H and O–H groups in total. The topological polar surface area (TPSA) is 76.7 Å². The van der Waals surface area contributed by atoms with E-state index in [1.807, 2.05) is 0 Å². The first-order valence-electron chi connectivity index (χ1n) is 5.27. The van der Waals surface area contributed by atoms with Crippen molar-refractivity contribution in [1.82, 2.24) is 5.32 Å². The lowest BCUT2D eigenvalue weighted by molar-refractivity contribution is -0.122. The van der Waals surface area contributed by atoms with Gasteiger partial charge in [0, 0.05) is 18.8 Å². The zero-order chi connectivity index (χ0) is 12.0. The van der Waals surface area contributed by atoms with Crippen molar-refractivity contribution in [3.05, 3.63) is 0 Å². The average molecular weight is 245 g/mol. The molecule has 1 rings (SSSR count). The Morgan fingerprint density at radius 2 is 2.44 bits per heavy atom. The van der Waals surface area contributed by atoms with Gasteiger partial charge in [0.2, 0.25) is 5.91 Å². The van der Waals surface area contributed by atoms with Crippen LogP contribution in [-0.4, -0.2) is 43.1 Å². The molecule has 0 aromatic carbocycles. The van der Waals surface area contributed by atoms with Gasteiger partial charge in [-0.2, -0.15) is 0 Å². The molecule has 0 aromatic heterocycles. The Morgan fingerprint density at radius 1 is 1.69 bits per heavy atom. The Kier molecular flexibility index (Phi) is 5.08. The zero-order valence-corrected chi connectivity index (χ0v) is 10.6. The maximum atomic E-state index is 10.4. The number of amides is 1. The van der Waals surface area contributed by atoms with Gasteiger partial charge in [-0.05, 0) is 5.41 Å². The molecule has 5 nitrogen and oxygen atoms in total. The maximum Gasteiger partial charge on any atom is 0.243 e. The number of ether oxygens (including phenoxy) is 1. The first kappa shape index (κ1) is 13.3. The second-order valence-electron chi connectivity index (χ2n) is 4.52. The van der Waals surface area contributed by atoms with Crippen LogP contribution in [0, 0.1) is 5.41 Å². The molecule has 16 heavy (non-hydrogen) atoms. The van der Waals surface area contributed by atoms with Crippen LogP contribution in [0.2, 0.25) is 0 Å². The van der Waals surface area contributed by atoms with Crippen LogP contribution in [0.15, 0.2) is 4.99 Å². The number of nitrogens with two attached hydrogens (primary N) is 1. The summed E-state index contributed by atoms with van der Waals surface area (Å²) >= 11 is 1.73. The molecule has 0 spiro atoms. The first-order chi connectivity index (χ1) is 7.49. The summed E-state index contributed by atoms with van der Waals surface area (Å²) in [5, 5.41) is 4.13. The summed E-state index contributed by atoms with van der Waals surface area (Å²) < 4.78 is 5.03. The molecule has 0 aliphatic carbocycles. The van der Waals surface area contributed by atoms with E-state index >= 15 is 0 Å². The van der Waals surface area contributed by atoms with E-state index in [1.165, 1.54) is 0 Å². The number of hydrogen-bond donors (Lipinski definition) is 2. The van der Waals surface area contributed by atoms with Crippen LogP contribution in [0.5, 0.6) is 0 Å². The molecule has 0 unspecified atom stereocenters. The van der Waals surface area contributed by atoms with Crippen molar-refractivity contribution in [3.63, 3.8) is 0 Å². The number of primary amides is 1. The predicted molar refractivity (Wildman–Crippen MR) is 66.6 cm³/mol. The Balaban J connectivity index is 2.10. The lowest BCUT2D eigenvalue weighted by Crippen LogP contribution is -2.33. The summed E-state index contributed by atoms with van der Waals surface area (Å²) in [6.45, 7) is 6.36. The fourth-order valence-corrected chi connectivity index (χ4v) is 2.13. The fraction of sp³-hybridized carbons (Fsp3) is 0.800. The summed E-state index contributed by atoms with van der Waals surface area (Å²) in [5.41, 5.74) is 5.23.